The highest BCUT2D eigenvalue weighted by Crippen LogP contribution is 2.23. The first kappa shape index (κ1) is 20.3. The molecule has 0 unspecified atom stereocenters. The van der Waals surface area contributed by atoms with Crippen molar-refractivity contribution in [3.05, 3.63) is 39.9 Å². The molecular weight excluding hydrogens is 354 g/mol. The van der Waals surface area contributed by atoms with Crippen molar-refractivity contribution in [1.82, 2.24) is 10.6 Å². The van der Waals surface area contributed by atoms with Gasteiger partial charge < -0.3 is 15.4 Å². The third kappa shape index (κ3) is 6.36. The van der Waals surface area contributed by atoms with E-state index in [2.05, 4.69) is 17.6 Å². The summed E-state index contributed by atoms with van der Waals surface area (Å²) in [5.74, 6) is -1.38. The first-order valence-corrected chi connectivity index (χ1v) is 8.84. The second-order valence-electron chi connectivity index (χ2n) is 6.59. The van der Waals surface area contributed by atoms with Crippen LogP contribution in [-0.4, -0.2) is 41.9 Å². The van der Waals surface area contributed by atoms with Crippen molar-refractivity contribution in [2.75, 3.05) is 13.2 Å². The van der Waals surface area contributed by atoms with E-state index in [0.29, 0.717) is 5.92 Å². The van der Waals surface area contributed by atoms with E-state index in [0.717, 1.165) is 31.7 Å². The number of nitro groups is 1. The highest BCUT2D eigenvalue weighted by atomic mass is 16.6. The number of carbonyl (C=O) groups excluding carboxylic acids is 3. The summed E-state index contributed by atoms with van der Waals surface area (Å²) in [6, 6.07) is 5.24. The smallest absolute Gasteiger partial charge is 0.325 e. The predicted molar refractivity (Wildman–Crippen MR) is 96.0 cm³/mol. The summed E-state index contributed by atoms with van der Waals surface area (Å²) in [5, 5.41) is 15.9. The van der Waals surface area contributed by atoms with Gasteiger partial charge in [-0.15, -0.1) is 0 Å². The number of ether oxygens (including phenoxy) is 1. The van der Waals surface area contributed by atoms with Gasteiger partial charge in [0.25, 0.3) is 17.5 Å². The van der Waals surface area contributed by atoms with E-state index in [1.807, 2.05) is 0 Å². The van der Waals surface area contributed by atoms with Gasteiger partial charge >= 0.3 is 5.97 Å². The standard InChI is InChI=1S/C18H23N3O6/c1-12-5-2-3-8-15(12)20-16(22)11-27-17(23)10-19-18(24)13-6-4-7-14(9-13)21(25)26/h4,6-7,9,12,15H,2-3,5,8,10-11H2,1H3,(H,19,24)(H,20,22)/t12-,15+/m0/s1. The minimum Gasteiger partial charge on any atom is -0.454 e. The summed E-state index contributed by atoms with van der Waals surface area (Å²) in [6.07, 6.45) is 4.21. The normalized spacial score (nSPS) is 19.0. The third-order valence-corrected chi connectivity index (χ3v) is 4.53. The Labute approximate surface area is 156 Å². The minimum absolute atomic E-state index is 0.0565. The number of nitrogens with zero attached hydrogens (tertiary/aromatic N) is 1. The zero-order valence-corrected chi connectivity index (χ0v) is 15.1. The fraction of sp³-hybridized carbons (Fsp3) is 0.500. The highest BCUT2D eigenvalue weighted by molar-refractivity contribution is 5.96. The largest absolute Gasteiger partial charge is 0.454 e. The van der Waals surface area contributed by atoms with Crippen LogP contribution >= 0.6 is 0 Å². The molecule has 0 saturated heterocycles. The van der Waals surface area contributed by atoms with Crippen molar-refractivity contribution >= 4 is 23.5 Å². The first-order chi connectivity index (χ1) is 12.9. The van der Waals surface area contributed by atoms with Crippen LogP contribution in [0.25, 0.3) is 0 Å². The molecule has 2 N–H and O–H groups in total. The zero-order chi connectivity index (χ0) is 19.8. The van der Waals surface area contributed by atoms with Crippen molar-refractivity contribution in [3.8, 4) is 0 Å². The van der Waals surface area contributed by atoms with Crippen LogP contribution in [0.15, 0.2) is 24.3 Å². The Morgan fingerprint density at radius 1 is 1.26 bits per heavy atom. The molecule has 0 radical (unpaired) electrons. The zero-order valence-electron chi connectivity index (χ0n) is 15.1. The van der Waals surface area contributed by atoms with Crippen molar-refractivity contribution in [1.29, 1.82) is 0 Å². The lowest BCUT2D eigenvalue weighted by Crippen LogP contribution is -2.43. The molecule has 0 aliphatic heterocycles. The average Bonchev–Trinajstić information content (AvgIpc) is 2.66. The number of rotatable bonds is 7. The number of non-ortho nitro benzene ring substituents is 1. The molecule has 0 spiro atoms. The van der Waals surface area contributed by atoms with E-state index in [1.165, 1.54) is 18.2 Å². The Hall–Kier alpha value is -2.97. The summed E-state index contributed by atoms with van der Waals surface area (Å²) in [4.78, 5) is 45.6. The molecule has 1 aromatic carbocycles. The monoisotopic (exact) mass is 377 g/mol. The van der Waals surface area contributed by atoms with Gasteiger partial charge in [0.05, 0.1) is 4.92 Å². The molecule has 1 aliphatic carbocycles. The van der Waals surface area contributed by atoms with Crippen LogP contribution in [0.3, 0.4) is 0 Å². The van der Waals surface area contributed by atoms with Crippen LogP contribution in [-0.2, 0) is 14.3 Å². The fourth-order valence-electron chi connectivity index (χ4n) is 2.99. The number of esters is 1. The SMILES string of the molecule is C[C@H]1CCCC[C@H]1NC(=O)COC(=O)CNC(=O)c1cccc([N+](=O)[O-])c1. The van der Waals surface area contributed by atoms with Crippen LogP contribution in [0.2, 0.25) is 0 Å². The second-order valence-corrected chi connectivity index (χ2v) is 6.59. The average molecular weight is 377 g/mol. The molecule has 2 atom stereocenters. The fourth-order valence-corrected chi connectivity index (χ4v) is 2.99. The number of hydrogen-bond acceptors (Lipinski definition) is 6. The van der Waals surface area contributed by atoms with E-state index in [9.17, 15) is 24.5 Å². The van der Waals surface area contributed by atoms with Gasteiger partial charge in [0.15, 0.2) is 6.61 Å². The molecule has 1 saturated carbocycles. The van der Waals surface area contributed by atoms with E-state index < -0.39 is 30.0 Å². The summed E-state index contributed by atoms with van der Waals surface area (Å²) >= 11 is 0. The molecular formula is C18H23N3O6. The van der Waals surface area contributed by atoms with Gasteiger partial charge in [0.2, 0.25) is 0 Å². The van der Waals surface area contributed by atoms with E-state index in [-0.39, 0.29) is 23.2 Å². The number of carbonyl (C=O) groups is 3. The Bertz CT molecular complexity index is 721. The van der Waals surface area contributed by atoms with Gasteiger partial charge in [-0.25, -0.2) is 0 Å². The minimum atomic E-state index is -0.763. The summed E-state index contributed by atoms with van der Waals surface area (Å²) in [7, 11) is 0. The summed E-state index contributed by atoms with van der Waals surface area (Å²) < 4.78 is 4.85. The van der Waals surface area contributed by atoms with E-state index >= 15 is 0 Å². The second kappa shape index (κ2) is 9.65. The maximum Gasteiger partial charge on any atom is 0.325 e. The highest BCUT2D eigenvalue weighted by Gasteiger charge is 2.23. The maximum absolute atomic E-state index is 11.9. The number of nitrogens with one attached hydrogen (secondary N) is 2. The van der Waals surface area contributed by atoms with Gasteiger partial charge in [-0.05, 0) is 24.8 Å². The molecule has 2 amide bonds. The molecule has 9 heteroatoms. The maximum atomic E-state index is 11.9. The van der Waals surface area contributed by atoms with Gasteiger partial charge in [0, 0.05) is 23.7 Å². The molecule has 0 aromatic heterocycles. The molecule has 1 aromatic rings. The molecule has 0 heterocycles. The Balaban J connectivity index is 1.72. The predicted octanol–water partition coefficient (Wildman–Crippen LogP) is 1.56. The van der Waals surface area contributed by atoms with Crippen LogP contribution < -0.4 is 10.6 Å². The van der Waals surface area contributed by atoms with E-state index in [4.69, 9.17) is 4.74 Å². The van der Waals surface area contributed by atoms with Crippen molar-refractivity contribution in [3.63, 3.8) is 0 Å². The molecule has 9 nitrogen and oxygen atoms in total. The number of benzene rings is 1. The van der Waals surface area contributed by atoms with Crippen molar-refractivity contribution in [2.24, 2.45) is 5.92 Å². The number of nitro benzene ring substituents is 1. The number of hydrogen-bond donors (Lipinski definition) is 2. The topological polar surface area (TPSA) is 128 Å². The molecule has 146 valence electrons. The summed E-state index contributed by atoms with van der Waals surface area (Å²) in [5.41, 5.74) is -0.167. The quantitative estimate of drug-likeness (QED) is 0.422. The lowest BCUT2D eigenvalue weighted by Gasteiger charge is -2.29. The van der Waals surface area contributed by atoms with Crippen LogP contribution in [0, 0.1) is 16.0 Å². The molecule has 27 heavy (non-hydrogen) atoms. The number of amides is 2. The lowest BCUT2D eigenvalue weighted by atomic mass is 9.86. The van der Waals surface area contributed by atoms with Gasteiger partial charge in [0.1, 0.15) is 6.54 Å². The van der Waals surface area contributed by atoms with Crippen LogP contribution in [0.4, 0.5) is 5.69 Å². The first-order valence-electron chi connectivity index (χ1n) is 8.84. The molecule has 0 bridgehead atoms. The molecule has 2 rings (SSSR count). The molecule has 1 fully saturated rings. The van der Waals surface area contributed by atoms with Gasteiger partial charge in [-0.3, -0.25) is 24.5 Å². The molecule has 1 aliphatic rings. The summed E-state index contributed by atoms with van der Waals surface area (Å²) in [6.45, 7) is 1.24. The van der Waals surface area contributed by atoms with E-state index in [1.54, 1.807) is 0 Å². The third-order valence-electron chi connectivity index (χ3n) is 4.53. The lowest BCUT2D eigenvalue weighted by molar-refractivity contribution is -0.384. The Morgan fingerprint density at radius 2 is 2.00 bits per heavy atom. The van der Waals surface area contributed by atoms with Crippen LogP contribution in [0.1, 0.15) is 43.0 Å². The van der Waals surface area contributed by atoms with Crippen LogP contribution in [0.5, 0.6) is 0 Å². The Kier molecular flexibility index (Phi) is 7.27. The van der Waals surface area contributed by atoms with Gasteiger partial charge in [-0.2, -0.15) is 0 Å². The Morgan fingerprint density at radius 3 is 2.70 bits per heavy atom. The van der Waals surface area contributed by atoms with Gasteiger partial charge in [-0.1, -0.05) is 25.8 Å². The van der Waals surface area contributed by atoms with Crippen molar-refractivity contribution < 1.29 is 24.0 Å². The van der Waals surface area contributed by atoms with Crippen molar-refractivity contribution in [2.45, 2.75) is 38.6 Å².